The first kappa shape index (κ1) is 19.8. The number of amides is 1. The fourth-order valence-corrected chi connectivity index (χ4v) is 4.83. The Kier molecular flexibility index (Phi) is 5.45. The Bertz CT molecular complexity index is 566. The second-order valence-corrected chi connectivity index (χ2v) is 10.4. The third kappa shape index (κ3) is 3.81. The van der Waals surface area contributed by atoms with Crippen LogP contribution in [0.4, 0.5) is 4.79 Å². The molecule has 2 heterocycles. The van der Waals surface area contributed by atoms with Crippen LogP contribution in [0.3, 0.4) is 0 Å². The van der Waals surface area contributed by atoms with Gasteiger partial charge >= 0.3 is 12.1 Å². The van der Waals surface area contributed by atoms with Crippen LogP contribution in [-0.2, 0) is 19.1 Å². The number of nitrogens with zero attached hydrogens (tertiary/aromatic N) is 1. The molecule has 0 spiro atoms. The normalized spacial score (nSPS) is 29.5. The SMILES string of the molecule is CC(OC(=O)OCC(Cl)(Cl)Cl)[C@H]1C(=O)N2[C@@H]1SC(C)(C)[C@@H]2C(=O)O. The molecule has 136 valence electrons. The summed E-state index contributed by atoms with van der Waals surface area (Å²) in [5.41, 5.74) is 0. The summed E-state index contributed by atoms with van der Waals surface area (Å²) in [5, 5.41) is 8.98. The van der Waals surface area contributed by atoms with Crippen molar-refractivity contribution in [3.63, 3.8) is 0 Å². The Balaban J connectivity index is 1.98. The minimum absolute atomic E-state index is 0.368. The zero-order valence-electron chi connectivity index (χ0n) is 13.0. The number of aliphatic carboxylic acids is 1. The van der Waals surface area contributed by atoms with Crippen molar-refractivity contribution >= 4 is 64.6 Å². The molecule has 7 nitrogen and oxygen atoms in total. The van der Waals surface area contributed by atoms with Gasteiger partial charge in [-0.3, -0.25) is 4.79 Å². The number of halogens is 3. The second-order valence-electron chi connectivity index (χ2n) is 6.10. The van der Waals surface area contributed by atoms with E-state index in [2.05, 4.69) is 4.74 Å². The minimum atomic E-state index is -1.76. The molecule has 2 aliphatic heterocycles. The van der Waals surface area contributed by atoms with Crippen LogP contribution in [0.2, 0.25) is 0 Å². The quantitative estimate of drug-likeness (QED) is 0.424. The van der Waals surface area contributed by atoms with Gasteiger partial charge in [0.2, 0.25) is 9.70 Å². The van der Waals surface area contributed by atoms with Crippen molar-refractivity contribution in [1.29, 1.82) is 0 Å². The highest BCUT2D eigenvalue weighted by Crippen LogP contribution is 2.54. The molecule has 0 aromatic carbocycles. The Labute approximate surface area is 157 Å². The molecule has 0 aromatic rings. The fraction of sp³-hybridized carbons (Fsp3) is 0.769. The third-order valence-electron chi connectivity index (χ3n) is 3.86. The number of rotatable bonds is 4. The first-order valence-electron chi connectivity index (χ1n) is 6.98. The van der Waals surface area contributed by atoms with E-state index in [0.29, 0.717) is 0 Å². The van der Waals surface area contributed by atoms with E-state index in [-0.39, 0.29) is 11.3 Å². The van der Waals surface area contributed by atoms with Crippen molar-refractivity contribution in [1.82, 2.24) is 4.90 Å². The van der Waals surface area contributed by atoms with Gasteiger partial charge in [0.15, 0.2) is 0 Å². The number of hydrogen-bond acceptors (Lipinski definition) is 6. The van der Waals surface area contributed by atoms with E-state index >= 15 is 0 Å². The van der Waals surface area contributed by atoms with Crippen LogP contribution < -0.4 is 0 Å². The summed E-state index contributed by atoms with van der Waals surface area (Å²) in [6.07, 6.45) is -1.85. The summed E-state index contributed by atoms with van der Waals surface area (Å²) < 4.78 is 7.31. The Morgan fingerprint density at radius 1 is 1.42 bits per heavy atom. The number of carbonyl (C=O) groups excluding carboxylic acids is 2. The number of fused-ring (bicyclic) bond motifs is 1. The van der Waals surface area contributed by atoms with E-state index in [1.807, 2.05) is 0 Å². The molecule has 0 bridgehead atoms. The van der Waals surface area contributed by atoms with Gasteiger partial charge in [-0.15, -0.1) is 11.8 Å². The van der Waals surface area contributed by atoms with Crippen molar-refractivity contribution in [2.75, 3.05) is 6.61 Å². The molecule has 11 heteroatoms. The zero-order chi connectivity index (χ0) is 18.4. The van der Waals surface area contributed by atoms with Crippen LogP contribution in [0.5, 0.6) is 0 Å². The predicted molar refractivity (Wildman–Crippen MR) is 89.4 cm³/mol. The summed E-state index contributed by atoms with van der Waals surface area (Å²) in [6.45, 7) is 4.58. The maximum absolute atomic E-state index is 12.3. The summed E-state index contributed by atoms with van der Waals surface area (Å²) in [7, 11) is 0. The number of β-lactam (4-membered cyclic amide) rings is 1. The Hall–Kier alpha value is -0.570. The van der Waals surface area contributed by atoms with Crippen molar-refractivity contribution in [2.24, 2.45) is 5.92 Å². The molecule has 1 N–H and O–H groups in total. The average Bonchev–Trinajstić information content (AvgIpc) is 2.63. The summed E-state index contributed by atoms with van der Waals surface area (Å²) >= 11 is 17.8. The van der Waals surface area contributed by atoms with Gasteiger partial charge in [0.05, 0.1) is 5.37 Å². The van der Waals surface area contributed by atoms with Crippen LogP contribution in [0.1, 0.15) is 20.8 Å². The van der Waals surface area contributed by atoms with E-state index in [0.717, 1.165) is 0 Å². The van der Waals surface area contributed by atoms with Gasteiger partial charge in [-0.1, -0.05) is 34.8 Å². The number of alkyl halides is 3. The van der Waals surface area contributed by atoms with Crippen LogP contribution in [-0.4, -0.2) is 60.7 Å². The molecule has 0 aromatic heterocycles. The molecule has 1 unspecified atom stereocenters. The molecular weight excluding hydrogens is 405 g/mol. The molecular formula is C13H16Cl3NO6S. The van der Waals surface area contributed by atoms with Crippen LogP contribution >= 0.6 is 46.6 Å². The lowest BCUT2D eigenvalue weighted by molar-refractivity contribution is -0.169. The van der Waals surface area contributed by atoms with Crippen LogP contribution in [0.25, 0.3) is 0 Å². The third-order valence-corrected chi connectivity index (χ3v) is 5.78. The molecule has 1 amide bonds. The highest BCUT2D eigenvalue weighted by atomic mass is 35.6. The summed E-state index contributed by atoms with van der Waals surface area (Å²) in [4.78, 5) is 36.7. The van der Waals surface area contributed by atoms with Crippen LogP contribution in [0.15, 0.2) is 0 Å². The molecule has 24 heavy (non-hydrogen) atoms. The first-order chi connectivity index (χ1) is 10.8. The smallest absolute Gasteiger partial charge is 0.480 e. The zero-order valence-corrected chi connectivity index (χ0v) is 16.1. The molecule has 2 rings (SSSR count). The minimum Gasteiger partial charge on any atom is -0.480 e. The number of ether oxygens (including phenoxy) is 2. The monoisotopic (exact) mass is 419 g/mol. The Morgan fingerprint density at radius 2 is 2.00 bits per heavy atom. The van der Waals surface area contributed by atoms with Gasteiger partial charge in [0, 0.05) is 4.75 Å². The fourth-order valence-electron chi connectivity index (χ4n) is 2.87. The summed E-state index contributed by atoms with van der Waals surface area (Å²) in [6, 6.07) is -0.917. The van der Waals surface area contributed by atoms with Gasteiger partial charge in [-0.25, -0.2) is 9.59 Å². The molecule has 0 radical (unpaired) electrons. The second kappa shape index (κ2) is 6.63. The maximum atomic E-state index is 12.3. The van der Waals surface area contributed by atoms with E-state index < -0.39 is 45.3 Å². The number of carboxylic acids is 1. The lowest BCUT2D eigenvalue weighted by Gasteiger charge is -2.45. The Morgan fingerprint density at radius 3 is 2.50 bits per heavy atom. The van der Waals surface area contributed by atoms with E-state index in [4.69, 9.17) is 39.5 Å². The first-order valence-corrected chi connectivity index (χ1v) is 8.99. The van der Waals surface area contributed by atoms with Crippen LogP contribution in [0, 0.1) is 5.92 Å². The largest absolute Gasteiger partial charge is 0.508 e. The summed E-state index contributed by atoms with van der Waals surface area (Å²) in [5.74, 6) is -2.07. The lowest BCUT2D eigenvalue weighted by atomic mass is 9.88. The van der Waals surface area contributed by atoms with Crippen molar-refractivity contribution in [2.45, 2.75) is 46.8 Å². The van der Waals surface area contributed by atoms with Gasteiger partial charge in [0.25, 0.3) is 0 Å². The number of thioether (sulfide) groups is 1. The molecule has 0 saturated carbocycles. The molecule has 4 atom stereocenters. The maximum Gasteiger partial charge on any atom is 0.508 e. The standard InChI is InChI=1S/C13H16Cl3NO6S/c1-5(23-11(21)22-4-13(14,15)16)6-8(18)17-7(10(19)20)12(2,3)24-9(6)17/h5-7,9H,4H2,1-3H3,(H,19,20)/t5?,6-,7-,9+/m0/s1. The van der Waals surface area contributed by atoms with Crippen molar-refractivity contribution in [3.05, 3.63) is 0 Å². The van der Waals surface area contributed by atoms with E-state index in [9.17, 15) is 19.5 Å². The average molecular weight is 421 g/mol. The number of carboxylic acid groups (broad SMARTS) is 1. The highest BCUT2D eigenvalue weighted by molar-refractivity contribution is 8.01. The number of hydrogen-bond donors (Lipinski definition) is 1. The van der Waals surface area contributed by atoms with Gasteiger partial charge in [-0.2, -0.15) is 0 Å². The molecule has 0 aliphatic carbocycles. The number of carbonyl (C=O) groups is 3. The topological polar surface area (TPSA) is 93.1 Å². The molecule has 2 aliphatic rings. The predicted octanol–water partition coefficient (Wildman–Crippen LogP) is 2.66. The highest BCUT2D eigenvalue weighted by Gasteiger charge is 2.65. The van der Waals surface area contributed by atoms with E-state index in [1.54, 1.807) is 13.8 Å². The van der Waals surface area contributed by atoms with Gasteiger partial charge in [0.1, 0.15) is 24.7 Å². The van der Waals surface area contributed by atoms with E-state index in [1.165, 1.54) is 23.6 Å². The molecule has 2 fully saturated rings. The molecule has 2 saturated heterocycles. The van der Waals surface area contributed by atoms with Gasteiger partial charge < -0.3 is 19.5 Å². The van der Waals surface area contributed by atoms with Gasteiger partial charge in [-0.05, 0) is 20.8 Å². The van der Waals surface area contributed by atoms with Crippen molar-refractivity contribution < 1.29 is 29.0 Å². The lowest BCUT2D eigenvalue weighted by Crippen LogP contribution is -2.65. The van der Waals surface area contributed by atoms with Crippen molar-refractivity contribution in [3.8, 4) is 0 Å².